The average molecular weight is 412 g/mol. The van der Waals surface area contributed by atoms with E-state index in [4.69, 9.17) is 19.2 Å². The number of aliphatic hydroxyl groups excluding tert-OH is 1. The molecule has 7 heteroatoms. The summed E-state index contributed by atoms with van der Waals surface area (Å²) < 4.78 is 18.8. The van der Waals surface area contributed by atoms with Gasteiger partial charge in [-0.15, -0.1) is 0 Å². The maximum atomic E-state index is 11.4. The van der Waals surface area contributed by atoms with Gasteiger partial charge in [0.25, 0.3) is 0 Å². The number of ether oxygens (including phenoxy) is 3. The molecule has 1 aromatic carbocycles. The summed E-state index contributed by atoms with van der Waals surface area (Å²) in [5, 5.41) is 15.0. The number of rotatable bonds is 7. The molecule has 0 radical (unpaired) electrons. The lowest BCUT2D eigenvalue weighted by Gasteiger charge is -2.40. The number of hydrogen-bond acceptors (Lipinski definition) is 6. The maximum Gasteiger partial charge on any atom is 0.166 e. The van der Waals surface area contributed by atoms with E-state index < -0.39 is 18.3 Å². The summed E-state index contributed by atoms with van der Waals surface area (Å²) in [4.78, 5) is 4.79. The first-order chi connectivity index (χ1) is 14.6. The number of methoxy groups -OCH3 is 2. The van der Waals surface area contributed by atoms with Crippen LogP contribution in [0, 0.1) is 13.8 Å². The van der Waals surface area contributed by atoms with Crippen molar-refractivity contribution in [3.63, 3.8) is 0 Å². The Bertz CT molecular complexity index is 1000. The monoisotopic (exact) mass is 411 g/mol. The van der Waals surface area contributed by atoms with E-state index in [2.05, 4.69) is 16.6 Å². The molecule has 2 aromatic heterocycles. The normalized spacial score (nSPS) is 22.0. The van der Waals surface area contributed by atoms with Gasteiger partial charge in [-0.1, -0.05) is 30.3 Å². The largest absolute Gasteiger partial charge is 0.390 e. The number of pyridine rings is 1. The van der Waals surface area contributed by atoms with Crippen molar-refractivity contribution in [2.75, 3.05) is 32.8 Å². The third kappa shape index (κ3) is 3.58. The number of anilines is 1. The van der Waals surface area contributed by atoms with E-state index in [1.54, 1.807) is 14.2 Å². The Balaban J connectivity index is 1.84. The van der Waals surface area contributed by atoms with E-state index in [1.165, 1.54) is 0 Å². The van der Waals surface area contributed by atoms with Gasteiger partial charge < -0.3 is 29.0 Å². The molecule has 7 nitrogen and oxygen atoms in total. The number of aliphatic hydroxyl groups is 1. The van der Waals surface area contributed by atoms with E-state index in [0.29, 0.717) is 13.2 Å². The standard InChI is InChI=1S/C23H29N3O4/c1-14-15(2)26-11-10-17-18(23(29-4)30-13-12-28-3)21(27)19(16-8-6-5-7-9-16)25-20(17)22(26)24-14/h5-11,18-19,21,23,25,27H,12-13H2,1-4H3/t18-,19+,21+,23?/m0/s1. The predicted molar refractivity (Wildman–Crippen MR) is 115 cm³/mol. The van der Waals surface area contributed by atoms with Crippen molar-refractivity contribution >= 4 is 11.3 Å². The van der Waals surface area contributed by atoms with Gasteiger partial charge in [-0.05, 0) is 31.0 Å². The lowest BCUT2D eigenvalue weighted by atomic mass is 9.81. The van der Waals surface area contributed by atoms with Crippen LogP contribution in [0.4, 0.5) is 5.69 Å². The minimum Gasteiger partial charge on any atom is -0.390 e. The van der Waals surface area contributed by atoms with Gasteiger partial charge in [0.05, 0.1) is 42.7 Å². The topological polar surface area (TPSA) is 77.2 Å². The van der Waals surface area contributed by atoms with Gasteiger partial charge in [0.1, 0.15) is 0 Å². The summed E-state index contributed by atoms with van der Waals surface area (Å²) in [6.07, 6.45) is 0.615. The van der Waals surface area contributed by atoms with Crippen LogP contribution in [-0.4, -0.2) is 54.3 Å². The van der Waals surface area contributed by atoms with Gasteiger partial charge in [0.2, 0.25) is 0 Å². The zero-order valence-corrected chi connectivity index (χ0v) is 17.8. The number of nitrogens with one attached hydrogen (secondary N) is 1. The van der Waals surface area contributed by atoms with Gasteiger partial charge in [0.15, 0.2) is 11.9 Å². The van der Waals surface area contributed by atoms with Gasteiger partial charge in [-0.2, -0.15) is 0 Å². The second kappa shape index (κ2) is 8.73. The number of aryl methyl sites for hydroxylation is 2. The molecule has 30 heavy (non-hydrogen) atoms. The molecule has 0 spiro atoms. The van der Waals surface area contributed by atoms with Crippen molar-refractivity contribution in [1.82, 2.24) is 9.38 Å². The highest BCUT2D eigenvalue weighted by Gasteiger charge is 2.42. The van der Waals surface area contributed by atoms with Crippen LogP contribution in [-0.2, 0) is 14.2 Å². The quantitative estimate of drug-likeness (QED) is 0.459. The Hall–Kier alpha value is -2.45. The lowest BCUT2D eigenvalue weighted by molar-refractivity contribution is -0.163. The van der Waals surface area contributed by atoms with Crippen molar-refractivity contribution < 1.29 is 19.3 Å². The number of hydrogen-bond donors (Lipinski definition) is 2. The molecular weight excluding hydrogens is 382 g/mol. The third-order valence-corrected chi connectivity index (χ3v) is 5.92. The van der Waals surface area contributed by atoms with E-state index in [-0.39, 0.29) is 6.04 Å². The number of nitrogens with zero attached hydrogens (tertiary/aromatic N) is 2. The van der Waals surface area contributed by atoms with E-state index in [0.717, 1.165) is 33.8 Å². The van der Waals surface area contributed by atoms with Crippen molar-refractivity contribution in [1.29, 1.82) is 0 Å². The third-order valence-electron chi connectivity index (χ3n) is 5.92. The Morgan fingerprint density at radius 2 is 1.90 bits per heavy atom. The number of imidazole rings is 1. The highest BCUT2D eigenvalue weighted by Crippen LogP contribution is 2.44. The summed E-state index contributed by atoms with van der Waals surface area (Å²) in [5.74, 6) is -0.393. The molecule has 0 bridgehead atoms. The Labute approximate surface area is 176 Å². The lowest BCUT2D eigenvalue weighted by Crippen LogP contribution is -2.43. The predicted octanol–water partition coefficient (Wildman–Crippen LogP) is 3.20. The summed E-state index contributed by atoms with van der Waals surface area (Å²) >= 11 is 0. The molecule has 4 atom stereocenters. The van der Waals surface area contributed by atoms with E-state index in [1.807, 2.05) is 49.5 Å². The average Bonchev–Trinajstić information content (AvgIpc) is 3.06. The van der Waals surface area contributed by atoms with Crippen LogP contribution in [0.15, 0.2) is 42.6 Å². The maximum absolute atomic E-state index is 11.4. The number of fused-ring (bicyclic) bond motifs is 3. The smallest absolute Gasteiger partial charge is 0.166 e. The molecule has 0 saturated carbocycles. The van der Waals surface area contributed by atoms with Crippen LogP contribution in [0.1, 0.15) is 34.5 Å². The van der Waals surface area contributed by atoms with Gasteiger partial charge >= 0.3 is 0 Å². The van der Waals surface area contributed by atoms with Crippen molar-refractivity contribution in [3.8, 4) is 0 Å². The molecule has 1 aliphatic rings. The molecule has 1 aliphatic heterocycles. The van der Waals surface area contributed by atoms with Crippen LogP contribution < -0.4 is 5.32 Å². The highest BCUT2D eigenvalue weighted by atomic mass is 16.7. The fraction of sp³-hybridized carbons (Fsp3) is 0.435. The van der Waals surface area contributed by atoms with Crippen LogP contribution >= 0.6 is 0 Å². The van der Waals surface area contributed by atoms with E-state index >= 15 is 0 Å². The molecule has 0 saturated heterocycles. The molecule has 0 amide bonds. The summed E-state index contributed by atoms with van der Waals surface area (Å²) in [5.41, 5.74) is 5.73. The van der Waals surface area contributed by atoms with Crippen molar-refractivity contribution in [2.24, 2.45) is 0 Å². The fourth-order valence-electron chi connectivity index (χ4n) is 4.23. The molecule has 3 aromatic rings. The van der Waals surface area contributed by atoms with Crippen LogP contribution in [0.25, 0.3) is 5.65 Å². The minimum atomic E-state index is -0.757. The Morgan fingerprint density at radius 3 is 2.60 bits per heavy atom. The molecule has 0 aliphatic carbocycles. The molecular formula is C23H29N3O4. The first-order valence-corrected chi connectivity index (χ1v) is 10.2. The zero-order chi connectivity index (χ0) is 21.3. The molecule has 160 valence electrons. The summed E-state index contributed by atoms with van der Waals surface area (Å²) in [6.45, 7) is 4.89. The van der Waals surface area contributed by atoms with E-state index in [9.17, 15) is 5.11 Å². The Morgan fingerprint density at radius 1 is 1.13 bits per heavy atom. The van der Waals surface area contributed by atoms with Crippen LogP contribution in [0.2, 0.25) is 0 Å². The minimum absolute atomic E-state index is 0.323. The Kier molecular flexibility index (Phi) is 6.06. The number of benzene rings is 1. The molecule has 0 fully saturated rings. The molecule has 2 N–H and O–H groups in total. The zero-order valence-electron chi connectivity index (χ0n) is 17.8. The SMILES string of the molecule is COCCOC(OC)[C@H]1c2ccn3c(C)c(C)nc3c2N[C@H](c2ccccc2)[C@@H]1O. The second-order valence-corrected chi connectivity index (χ2v) is 7.64. The number of aromatic nitrogens is 2. The van der Waals surface area contributed by atoms with Gasteiger partial charge in [-0.3, -0.25) is 0 Å². The fourth-order valence-corrected chi connectivity index (χ4v) is 4.23. The first-order valence-electron chi connectivity index (χ1n) is 10.2. The van der Waals surface area contributed by atoms with Gasteiger partial charge in [-0.25, -0.2) is 4.98 Å². The highest BCUT2D eigenvalue weighted by molar-refractivity contribution is 5.75. The van der Waals surface area contributed by atoms with Crippen LogP contribution in [0.5, 0.6) is 0 Å². The van der Waals surface area contributed by atoms with Gasteiger partial charge in [0, 0.05) is 26.1 Å². The van der Waals surface area contributed by atoms with Crippen molar-refractivity contribution in [3.05, 3.63) is 65.1 Å². The first kappa shape index (κ1) is 20.8. The molecule has 4 rings (SSSR count). The van der Waals surface area contributed by atoms with Crippen LogP contribution in [0.3, 0.4) is 0 Å². The van der Waals surface area contributed by atoms with Crippen molar-refractivity contribution in [2.45, 2.75) is 38.2 Å². The second-order valence-electron chi connectivity index (χ2n) is 7.64. The molecule has 3 heterocycles. The summed E-state index contributed by atoms with van der Waals surface area (Å²) in [6, 6.07) is 11.6. The summed E-state index contributed by atoms with van der Waals surface area (Å²) in [7, 11) is 3.23. The molecule has 1 unspecified atom stereocenters.